The van der Waals surface area contributed by atoms with E-state index in [0.717, 1.165) is 34.9 Å². The number of amides is 1. The van der Waals surface area contributed by atoms with Gasteiger partial charge in [-0.05, 0) is 37.0 Å². The maximum atomic E-state index is 12.2. The Balaban J connectivity index is 1.36. The van der Waals surface area contributed by atoms with Crippen LogP contribution in [0.5, 0.6) is 11.5 Å². The van der Waals surface area contributed by atoms with Crippen molar-refractivity contribution in [1.82, 2.24) is 10.5 Å². The van der Waals surface area contributed by atoms with Crippen LogP contribution in [0.3, 0.4) is 0 Å². The average Bonchev–Trinajstić information content (AvgIpc) is 3.27. The fourth-order valence-electron chi connectivity index (χ4n) is 2.95. The summed E-state index contributed by atoms with van der Waals surface area (Å²) in [6, 6.07) is 7.76. The molecule has 6 nitrogen and oxygen atoms in total. The number of carbonyl (C=O) groups is 1. The second kappa shape index (κ2) is 5.61. The average molecular weight is 314 g/mol. The molecule has 1 aromatic heterocycles. The van der Waals surface area contributed by atoms with Gasteiger partial charge in [-0.1, -0.05) is 11.2 Å². The fraction of sp³-hybridized carbons (Fsp3) is 0.412. The highest BCUT2D eigenvalue weighted by atomic mass is 16.6. The predicted molar refractivity (Wildman–Crippen MR) is 81.4 cm³/mol. The molecule has 2 aliphatic rings. The predicted octanol–water partition coefficient (Wildman–Crippen LogP) is 2.17. The van der Waals surface area contributed by atoms with Crippen LogP contribution in [0.15, 0.2) is 28.8 Å². The quantitative estimate of drug-likeness (QED) is 0.936. The van der Waals surface area contributed by atoms with E-state index >= 15 is 0 Å². The van der Waals surface area contributed by atoms with Gasteiger partial charge < -0.3 is 19.3 Å². The summed E-state index contributed by atoms with van der Waals surface area (Å²) in [4.78, 5) is 12.2. The summed E-state index contributed by atoms with van der Waals surface area (Å²) in [5.41, 5.74) is 1.87. The summed E-state index contributed by atoms with van der Waals surface area (Å²) in [5, 5.41) is 6.79. The van der Waals surface area contributed by atoms with Crippen LogP contribution < -0.4 is 14.8 Å². The number of hydrogen-bond acceptors (Lipinski definition) is 5. The molecular weight excluding hydrogens is 296 g/mol. The first kappa shape index (κ1) is 14.1. The summed E-state index contributed by atoms with van der Waals surface area (Å²) in [6.07, 6.45) is 0.864. The van der Waals surface area contributed by atoms with Crippen LogP contribution in [-0.2, 0) is 11.3 Å². The van der Waals surface area contributed by atoms with Crippen molar-refractivity contribution in [3.05, 3.63) is 41.3 Å². The van der Waals surface area contributed by atoms with Crippen LogP contribution in [0, 0.1) is 12.8 Å². The molecule has 1 fully saturated rings. The molecule has 1 aliphatic heterocycles. The van der Waals surface area contributed by atoms with Crippen LogP contribution in [0.2, 0.25) is 0 Å². The van der Waals surface area contributed by atoms with Gasteiger partial charge in [0.1, 0.15) is 24.7 Å². The van der Waals surface area contributed by atoms with Crippen LogP contribution in [-0.4, -0.2) is 24.3 Å². The van der Waals surface area contributed by atoms with E-state index in [1.54, 1.807) is 0 Å². The lowest BCUT2D eigenvalue weighted by atomic mass is 10.1. The van der Waals surface area contributed by atoms with Crippen molar-refractivity contribution >= 4 is 5.91 Å². The Hall–Kier alpha value is -2.50. The molecule has 2 aromatic rings. The molecule has 1 saturated carbocycles. The third-order valence-corrected chi connectivity index (χ3v) is 4.24. The Labute approximate surface area is 133 Å². The van der Waals surface area contributed by atoms with Crippen molar-refractivity contribution < 1.29 is 18.8 Å². The summed E-state index contributed by atoms with van der Waals surface area (Å²) in [6.45, 7) is 3.39. The highest BCUT2D eigenvalue weighted by Crippen LogP contribution is 2.49. The number of ether oxygens (including phenoxy) is 2. The van der Waals surface area contributed by atoms with Gasteiger partial charge in [0.25, 0.3) is 0 Å². The van der Waals surface area contributed by atoms with E-state index in [0.29, 0.717) is 19.8 Å². The molecule has 2 heterocycles. The lowest BCUT2D eigenvalue weighted by molar-refractivity contribution is -0.122. The van der Waals surface area contributed by atoms with Gasteiger partial charge in [0, 0.05) is 12.0 Å². The molecule has 6 heteroatoms. The SMILES string of the molecule is Cc1cc(CNC(=O)C2CC2c2ccc3c(c2)OCCO3)no1. The second-order valence-corrected chi connectivity index (χ2v) is 6.00. The molecular formula is C17H18N2O4. The van der Waals surface area contributed by atoms with Crippen LogP contribution in [0.1, 0.15) is 29.4 Å². The topological polar surface area (TPSA) is 73.6 Å². The number of fused-ring (bicyclic) bond motifs is 1. The Morgan fingerprint density at radius 3 is 2.87 bits per heavy atom. The zero-order valence-corrected chi connectivity index (χ0v) is 12.9. The molecule has 120 valence electrons. The van der Waals surface area contributed by atoms with Gasteiger partial charge in [0.15, 0.2) is 11.5 Å². The number of rotatable bonds is 4. The number of nitrogens with zero attached hydrogens (tertiary/aromatic N) is 1. The molecule has 2 unspecified atom stereocenters. The molecule has 1 amide bonds. The van der Waals surface area contributed by atoms with Crippen molar-refractivity contribution in [2.24, 2.45) is 5.92 Å². The van der Waals surface area contributed by atoms with Gasteiger partial charge in [-0.25, -0.2) is 0 Å². The van der Waals surface area contributed by atoms with Crippen molar-refractivity contribution in [1.29, 1.82) is 0 Å². The monoisotopic (exact) mass is 314 g/mol. The zero-order chi connectivity index (χ0) is 15.8. The molecule has 0 radical (unpaired) electrons. The Morgan fingerprint density at radius 1 is 1.26 bits per heavy atom. The van der Waals surface area contributed by atoms with Gasteiger partial charge in [-0.3, -0.25) is 4.79 Å². The highest BCUT2D eigenvalue weighted by Gasteiger charge is 2.44. The van der Waals surface area contributed by atoms with Gasteiger partial charge in [0.2, 0.25) is 5.91 Å². The van der Waals surface area contributed by atoms with E-state index in [4.69, 9.17) is 14.0 Å². The molecule has 1 N–H and O–H groups in total. The Bertz CT molecular complexity index is 740. The standard InChI is InChI=1S/C17H18N2O4/c1-10-6-12(19-23-10)9-18-17(20)14-8-13(14)11-2-3-15-16(7-11)22-5-4-21-15/h2-3,6-7,13-14H,4-5,8-9H2,1H3,(H,18,20). The molecule has 2 atom stereocenters. The minimum atomic E-state index is 0.0190. The smallest absolute Gasteiger partial charge is 0.224 e. The fourth-order valence-corrected chi connectivity index (χ4v) is 2.95. The van der Waals surface area contributed by atoms with E-state index in [1.165, 1.54) is 0 Å². The highest BCUT2D eigenvalue weighted by molar-refractivity contribution is 5.82. The number of hydrogen-bond donors (Lipinski definition) is 1. The van der Waals surface area contributed by atoms with Gasteiger partial charge >= 0.3 is 0 Å². The van der Waals surface area contributed by atoms with E-state index in [2.05, 4.69) is 10.5 Å². The number of aromatic nitrogens is 1. The van der Waals surface area contributed by atoms with Crippen molar-refractivity contribution in [2.45, 2.75) is 25.8 Å². The maximum Gasteiger partial charge on any atom is 0.224 e. The molecule has 4 rings (SSSR count). The first-order valence-electron chi connectivity index (χ1n) is 7.80. The summed E-state index contributed by atoms with van der Waals surface area (Å²) in [5.74, 6) is 2.64. The van der Waals surface area contributed by atoms with Gasteiger partial charge in [-0.15, -0.1) is 0 Å². The number of carbonyl (C=O) groups excluding carboxylic acids is 1. The molecule has 0 spiro atoms. The maximum absolute atomic E-state index is 12.2. The normalized spacial score (nSPS) is 21.8. The Morgan fingerprint density at radius 2 is 2.09 bits per heavy atom. The van der Waals surface area contributed by atoms with Crippen molar-refractivity contribution in [2.75, 3.05) is 13.2 Å². The summed E-state index contributed by atoms with van der Waals surface area (Å²) < 4.78 is 16.1. The lowest BCUT2D eigenvalue weighted by Gasteiger charge is -2.18. The second-order valence-electron chi connectivity index (χ2n) is 6.00. The summed E-state index contributed by atoms with van der Waals surface area (Å²) >= 11 is 0. The zero-order valence-electron chi connectivity index (χ0n) is 12.9. The minimum Gasteiger partial charge on any atom is -0.486 e. The largest absolute Gasteiger partial charge is 0.486 e. The summed E-state index contributed by atoms with van der Waals surface area (Å²) in [7, 11) is 0. The third-order valence-electron chi connectivity index (χ3n) is 4.24. The van der Waals surface area contributed by atoms with Crippen LogP contribution in [0.4, 0.5) is 0 Å². The molecule has 0 saturated heterocycles. The van der Waals surface area contributed by atoms with E-state index in [9.17, 15) is 4.79 Å². The molecule has 1 aromatic carbocycles. The number of aryl methyl sites for hydroxylation is 1. The first-order valence-corrected chi connectivity index (χ1v) is 7.80. The van der Waals surface area contributed by atoms with E-state index < -0.39 is 0 Å². The van der Waals surface area contributed by atoms with Crippen molar-refractivity contribution in [3.8, 4) is 11.5 Å². The number of benzene rings is 1. The van der Waals surface area contributed by atoms with Crippen LogP contribution >= 0.6 is 0 Å². The lowest BCUT2D eigenvalue weighted by Crippen LogP contribution is -2.25. The van der Waals surface area contributed by atoms with Crippen LogP contribution in [0.25, 0.3) is 0 Å². The third kappa shape index (κ3) is 2.88. The minimum absolute atomic E-state index is 0.0190. The van der Waals surface area contributed by atoms with E-state index in [-0.39, 0.29) is 17.7 Å². The molecule has 0 bridgehead atoms. The molecule has 23 heavy (non-hydrogen) atoms. The van der Waals surface area contributed by atoms with E-state index in [1.807, 2.05) is 31.2 Å². The Kier molecular flexibility index (Phi) is 3.44. The van der Waals surface area contributed by atoms with Crippen molar-refractivity contribution in [3.63, 3.8) is 0 Å². The number of nitrogens with one attached hydrogen (secondary N) is 1. The first-order chi connectivity index (χ1) is 11.2. The van der Waals surface area contributed by atoms with Gasteiger partial charge in [0.05, 0.1) is 6.54 Å². The molecule has 1 aliphatic carbocycles. The van der Waals surface area contributed by atoms with Gasteiger partial charge in [-0.2, -0.15) is 0 Å².